The first-order valence-corrected chi connectivity index (χ1v) is 13.5. The normalized spacial score (nSPS) is 11.8. The highest BCUT2D eigenvalue weighted by molar-refractivity contribution is 9.10. The fourth-order valence-electron chi connectivity index (χ4n) is 4.14. The number of ether oxygens (including phenoxy) is 1. The van der Waals surface area contributed by atoms with E-state index in [0.29, 0.717) is 31.2 Å². The number of carbonyl (C=O) groups excluding carboxylic acids is 2. The van der Waals surface area contributed by atoms with E-state index in [4.69, 9.17) is 4.74 Å². The molecule has 5 nitrogen and oxygen atoms in total. The van der Waals surface area contributed by atoms with E-state index >= 15 is 0 Å². The second-order valence-electron chi connectivity index (χ2n) is 9.99. The molecule has 0 fully saturated rings. The predicted octanol–water partition coefficient (Wildman–Crippen LogP) is 6.17. The molecule has 0 aliphatic heterocycles. The first-order valence-electron chi connectivity index (χ1n) is 12.7. The molecule has 3 aromatic rings. The van der Waals surface area contributed by atoms with Crippen LogP contribution in [0.5, 0.6) is 5.75 Å². The Labute approximate surface area is 229 Å². The highest BCUT2D eigenvalue weighted by Crippen LogP contribution is 2.24. The van der Waals surface area contributed by atoms with Crippen LogP contribution in [-0.2, 0) is 22.6 Å². The highest BCUT2D eigenvalue weighted by Gasteiger charge is 2.31. The van der Waals surface area contributed by atoms with E-state index in [1.54, 1.807) is 4.90 Å². The fraction of sp³-hybridized carbons (Fsp3) is 0.355. The maximum Gasteiger partial charge on any atom is 0.261 e. The van der Waals surface area contributed by atoms with Crippen LogP contribution in [0, 0.1) is 26.7 Å². The van der Waals surface area contributed by atoms with Crippen LogP contribution >= 0.6 is 15.9 Å². The van der Waals surface area contributed by atoms with Crippen molar-refractivity contribution in [2.75, 3.05) is 13.2 Å². The molecular weight excluding hydrogens is 528 g/mol. The second kappa shape index (κ2) is 13.4. The molecule has 3 aromatic carbocycles. The molecule has 0 aliphatic rings. The van der Waals surface area contributed by atoms with Crippen molar-refractivity contribution >= 4 is 27.7 Å². The zero-order chi connectivity index (χ0) is 26.9. The van der Waals surface area contributed by atoms with Crippen LogP contribution in [0.4, 0.5) is 0 Å². The molecule has 37 heavy (non-hydrogen) atoms. The van der Waals surface area contributed by atoms with Gasteiger partial charge in [0.25, 0.3) is 5.91 Å². The van der Waals surface area contributed by atoms with E-state index in [1.807, 2.05) is 81.4 Å². The molecule has 0 bridgehead atoms. The lowest BCUT2D eigenvalue weighted by molar-refractivity contribution is -0.142. The second-order valence-corrected chi connectivity index (χ2v) is 10.9. The molecule has 0 aliphatic carbocycles. The number of benzene rings is 3. The van der Waals surface area contributed by atoms with Crippen molar-refractivity contribution in [2.45, 2.75) is 53.6 Å². The Hall–Kier alpha value is -3.12. The van der Waals surface area contributed by atoms with E-state index in [-0.39, 0.29) is 18.4 Å². The van der Waals surface area contributed by atoms with E-state index in [9.17, 15) is 9.59 Å². The van der Waals surface area contributed by atoms with Crippen LogP contribution in [0.2, 0.25) is 0 Å². The zero-order valence-corrected chi connectivity index (χ0v) is 24.0. The fourth-order valence-corrected chi connectivity index (χ4v) is 4.40. The third kappa shape index (κ3) is 8.46. The van der Waals surface area contributed by atoms with Gasteiger partial charge < -0.3 is 15.0 Å². The van der Waals surface area contributed by atoms with Crippen LogP contribution in [0.1, 0.15) is 41.7 Å². The molecular formula is C31H37BrN2O3. The first kappa shape index (κ1) is 28.5. The van der Waals surface area contributed by atoms with E-state index in [0.717, 1.165) is 32.3 Å². The lowest BCUT2D eigenvalue weighted by Gasteiger charge is -2.32. The summed E-state index contributed by atoms with van der Waals surface area (Å²) in [4.78, 5) is 28.9. The average Bonchev–Trinajstić information content (AvgIpc) is 2.87. The first-order chi connectivity index (χ1) is 17.6. The molecule has 2 amide bonds. The van der Waals surface area contributed by atoms with Gasteiger partial charge in [0, 0.05) is 24.0 Å². The van der Waals surface area contributed by atoms with Gasteiger partial charge in [-0.1, -0.05) is 78.3 Å². The van der Waals surface area contributed by atoms with Gasteiger partial charge >= 0.3 is 0 Å². The summed E-state index contributed by atoms with van der Waals surface area (Å²) in [5, 5.41) is 3.05. The van der Waals surface area contributed by atoms with Gasteiger partial charge in [-0.2, -0.15) is 0 Å². The van der Waals surface area contributed by atoms with Crippen molar-refractivity contribution in [2.24, 2.45) is 5.92 Å². The molecule has 0 saturated heterocycles. The third-order valence-corrected chi connectivity index (χ3v) is 6.87. The molecule has 0 saturated carbocycles. The number of nitrogens with one attached hydrogen (secondary N) is 1. The van der Waals surface area contributed by atoms with Gasteiger partial charge in [0.05, 0.1) is 0 Å². The van der Waals surface area contributed by atoms with Crippen LogP contribution in [0.15, 0.2) is 71.2 Å². The van der Waals surface area contributed by atoms with Crippen molar-refractivity contribution in [3.05, 3.63) is 99.0 Å². The minimum atomic E-state index is -0.679. The number of amides is 2. The summed E-state index contributed by atoms with van der Waals surface area (Å²) in [6, 6.07) is 21.0. The quantitative estimate of drug-likeness (QED) is 0.303. The number of aryl methyl sites for hydroxylation is 2. The summed E-state index contributed by atoms with van der Waals surface area (Å²) >= 11 is 3.48. The number of nitrogens with zero attached hydrogens (tertiary/aromatic N) is 1. The molecule has 1 unspecified atom stereocenters. The van der Waals surface area contributed by atoms with E-state index in [1.165, 1.54) is 0 Å². The number of hydrogen-bond donors (Lipinski definition) is 1. The molecule has 6 heteroatoms. The molecule has 0 heterocycles. The highest BCUT2D eigenvalue weighted by atomic mass is 79.9. The Morgan fingerprint density at radius 2 is 1.62 bits per heavy atom. The summed E-state index contributed by atoms with van der Waals surface area (Å²) in [5.41, 5.74) is 5.13. The predicted molar refractivity (Wildman–Crippen MR) is 153 cm³/mol. The van der Waals surface area contributed by atoms with Gasteiger partial charge in [0.1, 0.15) is 11.8 Å². The molecule has 0 aromatic heterocycles. The topological polar surface area (TPSA) is 58.6 Å². The summed E-state index contributed by atoms with van der Waals surface area (Å²) < 4.78 is 7.00. The standard InChI is InChI=1S/C31H37BrN2O3/c1-21(2)18-33-31(36)28(17-25-9-7-6-8-10-25)34(19-26-11-13-27(32)14-12-26)30(35)20-37-29-16-22(3)15-23(4)24(29)5/h6-16,21,28H,17-20H2,1-5H3,(H,33,36). The van der Waals surface area contributed by atoms with Gasteiger partial charge in [-0.25, -0.2) is 0 Å². The van der Waals surface area contributed by atoms with E-state index < -0.39 is 6.04 Å². The van der Waals surface area contributed by atoms with Crippen molar-refractivity contribution < 1.29 is 14.3 Å². The summed E-state index contributed by atoms with van der Waals surface area (Å²) in [6.07, 6.45) is 0.412. The zero-order valence-electron chi connectivity index (χ0n) is 22.4. The average molecular weight is 566 g/mol. The smallest absolute Gasteiger partial charge is 0.261 e. The maximum absolute atomic E-state index is 13.8. The summed E-state index contributed by atoms with van der Waals surface area (Å²) in [6.45, 7) is 10.8. The minimum absolute atomic E-state index is 0.150. The number of carbonyl (C=O) groups is 2. The molecule has 0 radical (unpaired) electrons. The van der Waals surface area contributed by atoms with Crippen molar-refractivity contribution in [3.8, 4) is 5.75 Å². The van der Waals surface area contributed by atoms with Gasteiger partial charge in [-0.05, 0) is 72.7 Å². The maximum atomic E-state index is 13.8. The molecule has 3 rings (SSSR count). The van der Waals surface area contributed by atoms with Crippen molar-refractivity contribution in [3.63, 3.8) is 0 Å². The van der Waals surface area contributed by atoms with E-state index in [2.05, 4.69) is 41.2 Å². The number of hydrogen-bond acceptors (Lipinski definition) is 3. The lowest BCUT2D eigenvalue weighted by atomic mass is 10.0. The monoisotopic (exact) mass is 564 g/mol. The van der Waals surface area contributed by atoms with Gasteiger partial charge in [-0.15, -0.1) is 0 Å². The molecule has 196 valence electrons. The molecule has 1 atom stereocenters. The summed E-state index contributed by atoms with van der Waals surface area (Å²) in [7, 11) is 0. The Kier molecular flexibility index (Phi) is 10.3. The minimum Gasteiger partial charge on any atom is -0.483 e. The van der Waals surface area contributed by atoms with Crippen LogP contribution in [-0.4, -0.2) is 35.9 Å². The summed E-state index contributed by atoms with van der Waals surface area (Å²) in [5.74, 6) is 0.596. The van der Waals surface area contributed by atoms with Crippen LogP contribution < -0.4 is 10.1 Å². The number of halogens is 1. The van der Waals surface area contributed by atoms with Crippen LogP contribution in [0.25, 0.3) is 0 Å². The molecule has 1 N–H and O–H groups in total. The Morgan fingerprint density at radius 3 is 2.27 bits per heavy atom. The van der Waals surface area contributed by atoms with Gasteiger partial charge in [-0.3, -0.25) is 9.59 Å². The van der Waals surface area contributed by atoms with Crippen molar-refractivity contribution in [1.29, 1.82) is 0 Å². The Morgan fingerprint density at radius 1 is 0.946 bits per heavy atom. The lowest BCUT2D eigenvalue weighted by Crippen LogP contribution is -2.52. The van der Waals surface area contributed by atoms with Crippen LogP contribution in [0.3, 0.4) is 0 Å². The largest absolute Gasteiger partial charge is 0.483 e. The molecule has 0 spiro atoms. The van der Waals surface area contributed by atoms with Gasteiger partial charge in [0.15, 0.2) is 6.61 Å². The third-order valence-electron chi connectivity index (χ3n) is 6.34. The van der Waals surface area contributed by atoms with Crippen molar-refractivity contribution in [1.82, 2.24) is 10.2 Å². The Balaban J connectivity index is 1.92. The number of rotatable bonds is 11. The Bertz CT molecular complexity index is 1190. The SMILES string of the molecule is Cc1cc(C)c(C)c(OCC(=O)N(Cc2ccc(Br)cc2)C(Cc2ccccc2)C(=O)NCC(C)C)c1. The van der Waals surface area contributed by atoms with Gasteiger partial charge in [0.2, 0.25) is 5.91 Å².